The van der Waals surface area contributed by atoms with Gasteiger partial charge in [-0.3, -0.25) is 9.69 Å². The molecule has 0 N–H and O–H groups in total. The van der Waals surface area contributed by atoms with Crippen molar-refractivity contribution in [3.8, 4) is 0 Å². The molecule has 2 aliphatic rings. The lowest BCUT2D eigenvalue weighted by atomic mass is 10.2. The summed E-state index contributed by atoms with van der Waals surface area (Å²) in [5, 5.41) is 0. The van der Waals surface area contributed by atoms with Crippen LogP contribution in [0.15, 0.2) is 53.2 Å². The number of nitrogens with zero attached hydrogens (tertiary/aromatic N) is 2. The van der Waals surface area contributed by atoms with Gasteiger partial charge in [-0.25, -0.2) is 13.8 Å². The van der Waals surface area contributed by atoms with Crippen molar-refractivity contribution in [1.82, 2.24) is 4.90 Å². The molecule has 1 atom stereocenters. The molecule has 0 spiro atoms. The minimum atomic E-state index is -0.766. The maximum atomic E-state index is 13.9. The Balaban J connectivity index is 1.54. The molecule has 5 nitrogen and oxygen atoms in total. The molecule has 2 heterocycles. The Morgan fingerprint density at radius 1 is 1.11 bits per heavy atom. The molecule has 0 aromatic heterocycles. The molecule has 138 valence electrons. The molecule has 0 bridgehead atoms. The minimum absolute atomic E-state index is 0.000401. The zero-order valence-electron chi connectivity index (χ0n) is 13.9. The van der Waals surface area contributed by atoms with E-state index < -0.39 is 17.8 Å². The van der Waals surface area contributed by atoms with Gasteiger partial charge in [-0.1, -0.05) is 18.2 Å². The lowest BCUT2D eigenvalue weighted by Crippen LogP contribution is -2.36. The van der Waals surface area contributed by atoms with Crippen LogP contribution in [-0.2, 0) is 14.3 Å². The molecule has 1 saturated heterocycles. The van der Waals surface area contributed by atoms with Gasteiger partial charge in [-0.15, -0.1) is 0 Å². The smallest absolute Gasteiger partial charge is 0.293 e. The third-order valence-corrected chi connectivity index (χ3v) is 4.89. The first-order chi connectivity index (χ1) is 13.0. The molecule has 27 heavy (non-hydrogen) atoms. The molecule has 2 aliphatic heterocycles. The van der Waals surface area contributed by atoms with Crippen molar-refractivity contribution >= 4 is 40.5 Å². The fourth-order valence-electron chi connectivity index (χ4n) is 2.80. The Kier molecular flexibility index (Phi) is 4.81. The van der Waals surface area contributed by atoms with Gasteiger partial charge < -0.3 is 9.47 Å². The van der Waals surface area contributed by atoms with Gasteiger partial charge in [0.2, 0.25) is 5.90 Å². The molecule has 1 fully saturated rings. The van der Waals surface area contributed by atoms with E-state index >= 15 is 0 Å². The number of hydrogen-bond acceptors (Lipinski definition) is 4. The summed E-state index contributed by atoms with van der Waals surface area (Å²) in [4.78, 5) is 18.1. The van der Waals surface area contributed by atoms with Gasteiger partial charge >= 0.3 is 0 Å². The Bertz CT molecular complexity index is 940. The van der Waals surface area contributed by atoms with Crippen LogP contribution in [0.25, 0.3) is 6.08 Å². The molecule has 0 radical (unpaired) electrons. The maximum Gasteiger partial charge on any atom is 0.293 e. The van der Waals surface area contributed by atoms with E-state index in [2.05, 4.69) is 27.6 Å². The van der Waals surface area contributed by atoms with Crippen LogP contribution < -0.4 is 0 Å². The number of amides is 1. The van der Waals surface area contributed by atoms with Crippen molar-refractivity contribution < 1.29 is 23.0 Å². The second-order valence-corrected chi connectivity index (χ2v) is 7.18. The molecule has 1 amide bonds. The highest BCUT2D eigenvalue weighted by molar-refractivity contribution is 14.1. The molecule has 0 saturated carbocycles. The maximum absolute atomic E-state index is 13.9. The van der Waals surface area contributed by atoms with Gasteiger partial charge in [0, 0.05) is 3.57 Å². The largest absolute Gasteiger partial charge is 0.473 e. The molecule has 2 aromatic rings. The highest BCUT2D eigenvalue weighted by Crippen LogP contribution is 2.25. The van der Waals surface area contributed by atoms with Crippen LogP contribution >= 0.6 is 22.6 Å². The number of benzene rings is 2. The topological polar surface area (TPSA) is 51.1 Å². The molecule has 8 heteroatoms. The van der Waals surface area contributed by atoms with E-state index in [0.717, 1.165) is 21.3 Å². The number of carbonyl (C=O) groups excluding carboxylic acids is 1. The van der Waals surface area contributed by atoms with Crippen molar-refractivity contribution in [3.05, 3.63) is 74.6 Å². The van der Waals surface area contributed by atoms with Crippen LogP contribution in [0.5, 0.6) is 0 Å². The number of aliphatic imine (C=N–C) groups is 1. The quantitative estimate of drug-likeness (QED) is 0.497. The number of ether oxygens (including phenoxy) is 2. The molecule has 2 aromatic carbocycles. The predicted molar refractivity (Wildman–Crippen MR) is 103 cm³/mol. The summed E-state index contributed by atoms with van der Waals surface area (Å²) in [6.07, 6.45) is 0.948. The van der Waals surface area contributed by atoms with Crippen LogP contribution in [0.2, 0.25) is 0 Å². The number of halogens is 3. The Morgan fingerprint density at radius 3 is 2.52 bits per heavy atom. The van der Waals surface area contributed by atoms with E-state index in [1.54, 1.807) is 6.08 Å². The van der Waals surface area contributed by atoms with Crippen LogP contribution in [0.4, 0.5) is 8.78 Å². The number of hydrogen-bond donors (Lipinski definition) is 0. The fourth-order valence-corrected chi connectivity index (χ4v) is 3.16. The van der Waals surface area contributed by atoms with Gasteiger partial charge in [0.05, 0.1) is 0 Å². The highest BCUT2D eigenvalue weighted by atomic mass is 127. The third kappa shape index (κ3) is 3.53. The van der Waals surface area contributed by atoms with E-state index in [1.165, 1.54) is 11.0 Å². The average molecular weight is 482 g/mol. The average Bonchev–Trinajstić information content (AvgIpc) is 3.24. The number of rotatable bonds is 3. The Labute approximate surface area is 167 Å². The van der Waals surface area contributed by atoms with E-state index in [9.17, 15) is 13.6 Å². The third-order valence-electron chi connectivity index (χ3n) is 4.17. The first-order valence-electron chi connectivity index (χ1n) is 8.09. The summed E-state index contributed by atoms with van der Waals surface area (Å²) < 4.78 is 39.7. The van der Waals surface area contributed by atoms with E-state index in [-0.39, 0.29) is 36.5 Å². The first-order valence-corrected chi connectivity index (χ1v) is 9.17. The zero-order chi connectivity index (χ0) is 19.0. The Hall–Kier alpha value is -2.49. The summed E-state index contributed by atoms with van der Waals surface area (Å²) in [6.45, 7) is 0.00855. The van der Waals surface area contributed by atoms with E-state index in [4.69, 9.17) is 9.47 Å². The van der Waals surface area contributed by atoms with Gasteiger partial charge in [0.1, 0.15) is 23.8 Å². The number of carbonyl (C=O) groups is 1. The predicted octanol–water partition coefficient (Wildman–Crippen LogP) is 3.53. The van der Waals surface area contributed by atoms with Crippen molar-refractivity contribution in [3.63, 3.8) is 0 Å². The van der Waals surface area contributed by atoms with Crippen LogP contribution in [0.3, 0.4) is 0 Å². The lowest BCUT2D eigenvalue weighted by Gasteiger charge is -2.15. The SMILES string of the molecule is O=C1/C(=C/c2ccc(I)cc2)OCN1C1COC(c2c(F)cccc2F)=N1. The second kappa shape index (κ2) is 7.26. The second-order valence-electron chi connectivity index (χ2n) is 5.93. The van der Waals surface area contributed by atoms with E-state index in [1.807, 2.05) is 24.3 Å². The zero-order valence-corrected chi connectivity index (χ0v) is 16.0. The summed E-state index contributed by atoms with van der Waals surface area (Å²) in [6, 6.07) is 11.1. The molecule has 4 rings (SSSR count). The van der Waals surface area contributed by atoms with Gasteiger partial charge in [-0.2, -0.15) is 0 Å². The summed E-state index contributed by atoms with van der Waals surface area (Å²) in [5.74, 6) is -1.84. The first kappa shape index (κ1) is 17.9. The van der Waals surface area contributed by atoms with Crippen LogP contribution in [-0.4, -0.2) is 36.2 Å². The van der Waals surface area contributed by atoms with Crippen molar-refractivity contribution in [1.29, 1.82) is 0 Å². The molecular formula is C19H13F2IN2O3. The monoisotopic (exact) mass is 482 g/mol. The summed E-state index contributed by atoms with van der Waals surface area (Å²) in [5.41, 5.74) is 0.503. The van der Waals surface area contributed by atoms with Gasteiger partial charge in [0.25, 0.3) is 5.91 Å². The molecular weight excluding hydrogens is 469 g/mol. The fraction of sp³-hybridized carbons (Fsp3) is 0.158. The normalized spacial score (nSPS) is 20.6. The van der Waals surface area contributed by atoms with Crippen molar-refractivity contribution in [2.45, 2.75) is 6.17 Å². The minimum Gasteiger partial charge on any atom is -0.473 e. The van der Waals surface area contributed by atoms with Crippen molar-refractivity contribution in [2.24, 2.45) is 4.99 Å². The summed E-state index contributed by atoms with van der Waals surface area (Å²) >= 11 is 2.20. The van der Waals surface area contributed by atoms with E-state index in [0.29, 0.717) is 0 Å². The lowest BCUT2D eigenvalue weighted by molar-refractivity contribution is -0.126. The van der Waals surface area contributed by atoms with Crippen LogP contribution in [0, 0.1) is 15.2 Å². The molecule has 1 unspecified atom stereocenters. The summed E-state index contributed by atoms with van der Waals surface area (Å²) in [7, 11) is 0. The Morgan fingerprint density at radius 2 is 1.81 bits per heavy atom. The van der Waals surface area contributed by atoms with Crippen LogP contribution in [0.1, 0.15) is 11.1 Å². The van der Waals surface area contributed by atoms with Crippen molar-refractivity contribution in [2.75, 3.05) is 13.3 Å². The highest BCUT2D eigenvalue weighted by Gasteiger charge is 2.37. The van der Waals surface area contributed by atoms with Gasteiger partial charge in [0.15, 0.2) is 18.7 Å². The van der Waals surface area contributed by atoms with Gasteiger partial charge in [-0.05, 0) is 58.5 Å². The molecule has 0 aliphatic carbocycles. The standard InChI is InChI=1S/C19H13F2IN2O3/c20-13-2-1-3-14(21)17(13)18-23-16(9-26-18)24-10-27-15(19(24)25)8-11-4-6-12(22)7-5-11/h1-8,16H,9-10H2/b15-8-.